The summed E-state index contributed by atoms with van der Waals surface area (Å²) in [7, 11) is 0. The highest BCUT2D eigenvalue weighted by Crippen LogP contribution is 2.49. The van der Waals surface area contributed by atoms with Crippen LogP contribution in [0.2, 0.25) is 0 Å². The summed E-state index contributed by atoms with van der Waals surface area (Å²) in [6.07, 6.45) is 1.63. The van der Waals surface area contributed by atoms with Crippen LogP contribution >= 0.6 is 0 Å². The molecule has 0 bridgehead atoms. The number of hydrogen-bond donors (Lipinski definition) is 1. The first-order chi connectivity index (χ1) is 6.10. The lowest BCUT2D eigenvalue weighted by atomic mass is 9.59. The van der Waals surface area contributed by atoms with Crippen LogP contribution in [0.1, 0.15) is 54.4 Å². The van der Waals surface area contributed by atoms with E-state index >= 15 is 0 Å². The third kappa shape index (κ3) is 1.55. The molecule has 1 aliphatic rings. The first kappa shape index (κ1) is 11.5. The number of carbonyl (C=O) groups is 1. The summed E-state index contributed by atoms with van der Waals surface area (Å²) in [4.78, 5) is 11.4. The zero-order valence-electron chi connectivity index (χ0n) is 10.3. The fourth-order valence-corrected chi connectivity index (χ4v) is 2.91. The molecule has 82 valence electrons. The predicted molar refractivity (Wildman–Crippen MR) is 59.0 cm³/mol. The molecule has 0 spiro atoms. The van der Waals surface area contributed by atoms with Gasteiger partial charge in [-0.15, -0.1) is 0 Å². The quantitative estimate of drug-likeness (QED) is 0.635. The molecule has 1 fully saturated rings. The molecule has 1 amide bonds. The van der Waals surface area contributed by atoms with E-state index in [1.165, 1.54) is 0 Å². The number of hydrogen-bond acceptors (Lipinski definition) is 1. The molecule has 0 atom stereocenters. The van der Waals surface area contributed by atoms with Gasteiger partial charge in [-0.05, 0) is 17.3 Å². The molecule has 0 aliphatic carbocycles. The van der Waals surface area contributed by atoms with Gasteiger partial charge in [0.2, 0.25) is 5.91 Å². The molecule has 1 saturated heterocycles. The number of rotatable bonds is 0. The van der Waals surface area contributed by atoms with Crippen molar-refractivity contribution in [2.24, 2.45) is 10.8 Å². The number of carbonyl (C=O) groups excluding carboxylic acids is 1. The van der Waals surface area contributed by atoms with Crippen LogP contribution in [0, 0.1) is 10.8 Å². The van der Waals surface area contributed by atoms with Gasteiger partial charge in [0.1, 0.15) is 0 Å². The van der Waals surface area contributed by atoms with Gasteiger partial charge < -0.3 is 5.32 Å². The number of amides is 1. The van der Waals surface area contributed by atoms with E-state index in [0.29, 0.717) is 6.42 Å². The largest absolute Gasteiger partial charge is 0.350 e. The molecule has 1 heterocycles. The first-order valence-corrected chi connectivity index (χ1v) is 5.41. The average Bonchev–Trinajstić information content (AvgIpc) is 2.28. The van der Waals surface area contributed by atoms with Gasteiger partial charge in [-0.25, -0.2) is 0 Å². The van der Waals surface area contributed by atoms with E-state index in [1.807, 2.05) is 0 Å². The highest BCUT2D eigenvalue weighted by Gasteiger charge is 2.54. The maximum Gasteiger partial charge on any atom is 0.220 e. The molecule has 0 radical (unpaired) electrons. The normalized spacial score (nSPS) is 22.3. The molecular weight excluding hydrogens is 174 g/mol. The van der Waals surface area contributed by atoms with Crippen molar-refractivity contribution in [3.63, 3.8) is 0 Å². The molecule has 0 saturated carbocycles. The highest BCUT2D eigenvalue weighted by molar-refractivity contribution is 5.79. The Bertz CT molecular complexity index is 228. The molecule has 0 aromatic carbocycles. The van der Waals surface area contributed by atoms with E-state index in [-0.39, 0.29) is 22.3 Å². The van der Waals surface area contributed by atoms with Crippen molar-refractivity contribution in [3.8, 4) is 0 Å². The van der Waals surface area contributed by atoms with Crippen molar-refractivity contribution in [3.05, 3.63) is 0 Å². The van der Waals surface area contributed by atoms with Gasteiger partial charge in [0.05, 0.1) is 5.54 Å². The number of nitrogens with one attached hydrogen (secondary N) is 1. The van der Waals surface area contributed by atoms with Crippen LogP contribution in [0.25, 0.3) is 0 Å². The summed E-state index contributed by atoms with van der Waals surface area (Å²) in [5, 5.41) is 3.21. The molecule has 2 heteroatoms. The Morgan fingerprint density at radius 1 is 1.07 bits per heavy atom. The Labute approximate surface area is 87.5 Å². The van der Waals surface area contributed by atoms with Gasteiger partial charge in [0, 0.05) is 6.42 Å². The van der Waals surface area contributed by atoms with Gasteiger partial charge in [-0.3, -0.25) is 4.79 Å². The van der Waals surface area contributed by atoms with E-state index in [2.05, 4.69) is 46.9 Å². The third-order valence-corrected chi connectivity index (χ3v) is 3.64. The summed E-state index contributed by atoms with van der Waals surface area (Å²) in [6, 6.07) is 0. The predicted octanol–water partition coefficient (Wildman–Crippen LogP) is 2.73. The smallest absolute Gasteiger partial charge is 0.220 e. The molecule has 0 aromatic heterocycles. The van der Waals surface area contributed by atoms with Crippen molar-refractivity contribution in [2.75, 3.05) is 0 Å². The van der Waals surface area contributed by atoms with Crippen molar-refractivity contribution in [1.82, 2.24) is 5.32 Å². The van der Waals surface area contributed by atoms with E-state index < -0.39 is 0 Å². The molecule has 1 aliphatic heterocycles. The lowest BCUT2D eigenvalue weighted by Gasteiger charge is -2.51. The van der Waals surface area contributed by atoms with Gasteiger partial charge >= 0.3 is 0 Å². The van der Waals surface area contributed by atoms with E-state index in [9.17, 15) is 4.79 Å². The summed E-state index contributed by atoms with van der Waals surface area (Å²) in [6.45, 7) is 13.3. The van der Waals surface area contributed by atoms with Crippen LogP contribution in [-0.4, -0.2) is 11.4 Å². The molecule has 0 aromatic rings. The highest BCUT2D eigenvalue weighted by atomic mass is 16.2. The zero-order chi connectivity index (χ0) is 11.2. The Hall–Kier alpha value is -0.530. The molecular formula is C12H23NO. The van der Waals surface area contributed by atoms with Crippen LogP contribution in [0.3, 0.4) is 0 Å². The maximum atomic E-state index is 11.4. The molecule has 14 heavy (non-hydrogen) atoms. The van der Waals surface area contributed by atoms with Crippen molar-refractivity contribution in [2.45, 2.75) is 59.9 Å². The van der Waals surface area contributed by atoms with E-state index in [4.69, 9.17) is 0 Å². The summed E-state index contributed by atoms with van der Waals surface area (Å²) in [5.74, 6) is 0.204. The lowest BCUT2D eigenvalue weighted by Crippen LogP contribution is -2.60. The fourth-order valence-electron chi connectivity index (χ4n) is 2.91. The lowest BCUT2D eigenvalue weighted by molar-refractivity contribution is -0.121. The topological polar surface area (TPSA) is 29.1 Å². The summed E-state index contributed by atoms with van der Waals surface area (Å²) >= 11 is 0. The third-order valence-electron chi connectivity index (χ3n) is 3.64. The van der Waals surface area contributed by atoms with Crippen molar-refractivity contribution >= 4 is 5.91 Å². The standard InChI is InChI=1S/C12H23NO/c1-10(2,3)12(11(4,5)6)8-7-9(14)13-12/h7-8H2,1-6H3,(H,13,14). The second-order valence-corrected chi connectivity index (χ2v) is 6.45. The van der Waals surface area contributed by atoms with Gasteiger partial charge in [0.15, 0.2) is 0 Å². The van der Waals surface area contributed by atoms with Crippen molar-refractivity contribution < 1.29 is 4.79 Å². The van der Waals surface area contributed by atoms with E-state index in [1.54, 1.807) is 0 Å². The van der Waals surface area contributed by atoms with Crippen LogP contribution < -0.4 is 5.32 Å². The van der Waals surface area contributed by atoms with Crippen LogP contribution in [0.15, 0.2) is 0 Å². The first-order valence-electron chi connectivity index (χ1n) is 5.41. The zero-order valence-corrected chi connectivity index (χ0v) is 10.3. The van der Waals surface area contributed by atoms with Crippen LogP contribution in [0.5, 0.6) is 0 Å². The summed E-state index contributed by atoms with van der Waals surface area (Å²) < 4.78 is 0. The fraction of sp³-hybridized carbons (Fsp3) is 0.917. The SMILES string of the molecule is CC(C)(C)C1(C(C)(C)C)CCC(=O)N1. The Morgan fingerprint density at radius 2 is 1.50 bits per heavy atom. The minimum atomic E-state index is -0.0584. The summed E-state index contributed by atoms with van der Waals surface area (Å²) in [5.41, 5.74) is 0.159. The van der Waals surface area contributed by atoms with Crippen LogP contribution in [-0.2, 0) is 4.79 Å². The average molecular weight is 197 g/mol. The Kier molecular flexibility index (Phi) is 2.46. The van der Waals surface area contributed by atoms with Gasteiger partial charge in [0.25, 0.3) is 0 Å². The van der Waals surface area contributed by atoms with Crippen molar-refractivity contribution in [1.29, 1.82) is 0 Å². The maximum absolute atomic E-state index is 11.4. The Morgan fingerprint density at radius 3 is 1.64 bits per heavy atom. The second kappa shape index (κ2) is 2.98. The Balaban J connectivity index is 3.12. The molecule has 1 N–H and O–H groups in total. The minimum absolute atomic E-state index is 0.0584. The van der Waals surface area contributed by atoms with Gasteiger partial charge in [-0.1, -0.05) is 41.5 Å². The molecule has 1 rings (SSSR count). The van der Waals surface area contributed by atoms with Crippen LogP contribution in [0.4, 0.5) is 0 Å². The molecule has 0 unspecified atom stereocenters. The van der Waals surface area contributed by atoms with E-state index in [0.717, 1.165) is 6.42 Å². The molecule has 2 nitrogen and oxygen atoms in total. The second-order valence-electron chi connectivity index (χ2n) is 6.45. The minimum Gasteiger partial charge on any atom is -0.350 e. The van der Waals surface area contributed by atoms with Gasteiger partial charge in [-0.2, -0.15) is 0 Å². The monoisotopic (exact) mass is 197 g/mol.